The van der Waals surface area contributed by atoms with E-state index in [1.807, 2.05) is 282 Å². The smallest absolute Gasteiger partial charge is 0.0717 e. The van der Waals surface area contributed by atoms with Crippen molar-refractivity contribution in [2.45, 2.75) is 0 Å². The summed E-state index contributed by atoms with van der Waals surface area (Å²) in [5.74, 6) is 5.46. The third kappa shape index (κ3) is 21.4. The molecular formula is C42H54O6S24. The summed E-state index contributed by atoms with van der Waals surface area (Å²) in [7, 11) is 0. The van der Waals surface area contributed by atoms with Gasteiger partial charge >= 0.3 is 0 Å². The number of thioether (sulfide) groups is 24. The maximum absolute atomic E-state index is 6.10. The van der Waals surface area contributed by atoms with E-state index in [4.69, 9.17) is 28.4 Å². The molecule has 7 heterocycles. The summed E-state index contributed by atoms with van der Waals surface area (Å²) in [5.41, 5.74) is 0. The van der Waals surface area contributed by atoms with Gasteiger partial charge in [-0.1, -0.05) is 141 Å². The highest BCUT2D eigenvalue weighted by atomic mass is 32.3. The first kappa shape index (κ1) is 65.4. The molecule has 0 unspecified atom stereocenters. The summed E-state index contributed by atoms with van der Waals surface area (Å²) in [6, 6.07) is 0. The Labute approximate surface area is 530 Å². The highest BCUT2D eigenvalue weighted by molar-refractivity contribution is 8.47. The summed E-state index contributed by atoms with van der Waals surface area (Å²) in [6.45, 7) is 7.80. The Bertz CT molecular complexity index is 1770. The first-order chi connectivity index (χ1) is 35.4. The maximum atomic E-state index is 6.10. The molecule has 0 bridgehead atoms. The largest absolute Gasteiger partial charge is 0.378 e. The third-order valence-electron chi connectivity index (χ3n) is 8.72. The third-order valence-corrected chi connectivity index (χ3v) is 42.3. The minimum Gasteiger partial charge on any atom is -0.378 e. The minimum atomic E-state index is 0.605. The highest BCUT2D eigenvalue weighted by Gasteiger charge is 2.33. The molecule has 0 amide bonds. The van der Waals surface area contributed by atoms with Crippen molar-refractivity contribution in [2.75, 3.05) is 151 Å². The van der Waals surface area contributed by atoms with E-state index in [0.29, 0.717) is 79.3 Å². The summed E-state index contributed by atoms with van der Waals surface area (Å²) >= 11 is 45.8. The fourth-order valence-electron chi connectivity index (χ4n) is 5.54. The average molecular weight is 1420 g/mol. The van der Waals surface area contributed by atoms with Gasteiger partial charge in [-0.3, -0.25) is 0 Å². The van der Waals surface area contributed by atoms with Crippen LogP contribution in [0.1, 0.15) is 0 Å². The normalized spacial score (nSPS) is 24.2. The second-order valence-electron chi connectivity index (χ2n) is 13.4. The monoisotopic (exact) mass is 1420 g/mol. The van der Waals surface area contributed by atoms with Gasteiger partial charge in [0, 0.05) is 34.5 Å². The summed E-state index contributed by atoms with van der Waals surface area (Å²) in [4.78, 5) is 0. The quantitative estimate of drug-likeness (QED) is 0.253. The topological polar surface area (TPSA) is 55.4 Å². The number of ether oxygens (including phenoxy) is 6. The fourth-order valence-corrected chi connectivity index (χ4v) is 38.5. The number of rotatable bonds is 6. The van der Waals surface area contributed by atoms with E-state index in [9.17, 15) is 0 Å². The molecule has 72 heavy (non-hydrogen) atoms. The molecule has 7 aliphatic rings. The molecule has 0 N–H and O–H groups in total. The average Bonchev–Trinajstić information content (AvgIpc) is 4.27. The molecule has 6 nitrogen and oxygen atoms in total. The van der Waals surface area contributed by atoms with E-state index in [0.717, 1.165) is 34.5 Å². The molecule has 0 aliphatic carbocycles. The predicted octanol–water partition coefficient (Wildman–Crippen LogP) is 19.7. The van der Waals surface area contributed by atoms with Crippen LogP contribution in [0.4, 0.5) is 0 Å². The van der Waals surface area contributed by atoms with Gasteiger partial charge < -0.3 is 28.4 Å². The van der Waals surface area contributed by atoms with E-state index < -0.39 is 0 Å². The molecule has 0 radical (unpaired) electrons. The summed E-state index contributed by atoms with van der Waals surface area (Å²) < 4.78 is 61.8. The zero-order valence-corrected chi connectivity index (χ0v) is 59.6. The Morgan fingerprint density at radius 2 is 0.361 bits per heavy atom. The van der Waals surface area contributed by atoms with Crippen molar-refractivity contribution < 1.29 is 28.4 Å². The fraction of sp³-hybridized carbons (Fsp3) is 0.571. The molecule has 0 atom stereocenters. The molecule has 0 aromatic heterocycles. The maximum Gasteiger partial charge on any atom is 0.0717 e. The van der Waals surface area contributed by atoms with Gasteiger partial charge in [-0.2, -0.15) is 0 Å². The Hall–Kier alpha value is 5.82. The lowest BCUT2D eigenvalue weighted by Crippen LogP contribution is -2.08. The predicted molar refractivity (Wildman–Crippen MR) is 375 cm³/mol. The van der Waals surface area contributed by atoms with Crippen LogP contribution in [0.3, 0.4) is 0 Å². The van der Waals surface area contributed by atoms with Crippen molar-refractivity contribution in [1.29, 1.82) is 0 Å². The molecule has 402 valence electrons. The first-order valence-electron chi connectivity index (χ1n) is 21.7. The standard InChI is InChI=1S/C42H54O6S24/c1-49-25-26(50-2)62-37(61-25)40-67-31-32(68-40)56-20-14-44-8-10-46-16-22-58-34-36(72-42(70-34)39-65-29(53-5)30(54-6)66-39)60-24-18-48-12-11-47-17-23-59-35-33(57-21-15-45-9-7-43-13-19-55-31)69-41(71-35)38-63-27(51-3)28(52-4)64-38/h7-24H2,1-6H3. The highest BCUT2D eigenvalue weighted by Crippen LogP contribution is 2.68. The second kappa shape index (κ2) is 38.0. The molecule has 0 aromatic carbocycles. The van der Waals surface area contributed by atoms with E-state index >= 15 is 0 Å². The molecule has 0 fully saturated rings. The zero-order valence-electron chi connectivity index (χ0n) is 40.0. The van der Waals surface area contributed by atoms with Crippen molar-refractivity contribution in [3.05, 3.63) is 76.3 Å². The molecule has 7 rings (SSSR count). The van der Waals surface area contributed by atoms with E-state index in [2.05, 4.69) is 37.5 Å². The molecule has 0 spiro atoms. The Morgan fingerprint density at radius 3 is 0.514 bits per heavy atom. The SMILES string of the molecule is CSC1=C(SC)SC(=C2SC3=C(SCCOCCOCCSC4=C(SCCOCCOCCSC5=C(SCCOCCOCCS3)SC(=C3SC(SC)=C(SC)S3)S5)SC(=C3SC(SC)=C(SC)S3)S4)S2)S1. The van der Waals surface area contributed by atoms with Gasteiger partial charge in [-0.05, 0) is 37.5 Å². The van der Waals surface area contributed by atoms with Crippen LogP contribution in [0.25, 0.3) is 0 Å². The molecule has 0 saturated carbocycles. The van der Waals surface area contributed by atoms with Crippen molar-refractivity contribution >= 4 is 282 Å². The summed E-state index contributed by atoms with van der Waals surface area (Å²) in [5, 5.41) is 0. The lowest BCUT2D eigenvalue weighted by atomic mass is 10.7. The van der Waals surface area contributed by atoms with E-state index in [-0.39, 0.29) is 0 Å². The van der Waals surface area contributed by atoms with Gasteiger partial charge in [0.2, 0.25) is 0 Å². The van der Waals surface area contributed by atoms with Crippen LogP contribution >= 0.6 is 282 Å². The van der Waals surface area contributed by atoms with Gasteiger partial charge in [0.25, 0.3) is 0 Å². The van der Waals surface area contributed by atoms with Crippen LogP contribution in [0.15, 0.2) is 76.3 Å². The van der Waals surface area contributed by atoms with Gasteiger partial charge in [0.15, 0.2) is 0 Å². The first-order valence-corrected chi connectivity index (χ1v) is 44.8. The Kier molecular flexibility index (Phi) is 34.5. The molecular weight excluding hydrogens is 1370 g/mol. The van der Waals surface area contributed by atoms with Crippen molar-refractivity contribution in [2.24, 2.45) is 0 Å². The van der Waals surface area contributed by atoms with Crippen LogP contribution in [-0.4, -0.2) is 151 Å². The van der Waals surface area contributed by atoms with Crippen LogP contribution in [-0.2, 0) is 28.4 Å². The van der Waals surface area contributed by atoms with Crippen LogP contribution < -0.4 is 0 Å². The lowest BCUT2D eigenvalue weighted by molar-refractivity contribution is 0.0605. The van der Waals surface area contributed by atoms with Crippen molar-refractivity contribution in [3.63, 3.8) is 0 Å². The molecule has 30 heteroatoms. The van der Waals surface area contributed by atoms with Crippen molar-refractivity contribution in [3.8, 4) is 0 Å². The molecule has 0 saturated heterocycles. The second-order valence-corrected chi connectivity index (χ2v) is 41.8. The van der Waals surface area contributed by atoms with Crippen LogP contribution in [0.5, 0.6) is 0 Å². The van der Waals surface area contributed by atoms with Crippen LogP contribution in [0, 0.1) is 0 Å². The number of hydrogen-bond acceptors (Lipinski definition) is 30. The van der Waals surface area contributed by atoms with Gasteiger partial charge in [0.05, 0.1) is 156 Å². The van der Waals surface area contributed by atoms with Crippen LogP contribution in [0.2, 0.25) is 0 Å². The number of hydrogen-bond donors (Lipinski definition) is 0. The molecule has 0 aromatic rings. The summed E-state index contributed by atoms with van der Waals surface area (Å²) in [6.07, 6.45) is 13.1. The van der Waals surface area contributed by atoms with Gasteiger partial charge in [0.1, 0.15) is 0 Å². The van der Waals surface area contributed by atoms with E-state index in [1.165, 1.54) is 76.3 Å². The Balaban J connectivity index is 0.934. The minimum absolute atomic E-state index is 0.605. The zero-order chi connectivity index (χ0) is 50.3. The van der Waals surface area contributed by atoms with Gasteiger partial charge in [-0.25, -0.2) is 0 Å². The van der Waals surface area contributed by atoms with Gasteiger partial charge in [-0.15, -0.1) is 141 Å². The van der Waals surface area contributed by atoms with E-state index in [1.54, 1.807) is 0 Å². The lowest BCUT2D eigenvalue weighted by Gasteiger charge is -2.09. The van der Waals surface area contributed by atoms with Crippen molar-refractivity contribution in [1.82, 2.24) is 0 Å². The Morgan fingerprint density at radius 1 is 0.208 bits per heavy atom. The molecule has 7 aliphatic heterocycles.